The molecule has 0 aromatic heterocycles. The highest BCUT2D eigenvalue weighted by Gasteiger charge is 2.29. The van der Waals surface area contributed by atoms with Crippen LogP contribution in [0.3, 0.4) is 0 Å². The van der Waals surface area contributed by atoms with Crippen LogP contribution >= 0.6 is 0 Å². The summed E-state index contributed by atoms with van der Waals surface area (Å²) < 4.78 is 27.7. The third-order valence-corrected chi connectivity index (χ3v) is 6.36. The summed E-state index contributed by atoms with van der Waals surface area (Å²) in [5.41, 5.74) is 1.86. The van der Waals surface area contributed by atoms with Crippen molar-refractivity contribution in [3.63, 3.8) is 0 Å². The number of ether oxygens (including phenoxy) is 1. The standard InChI is InChI=1S/C18H25NO5S/c1-3-13(2)15-4-6-16(7-5-15)19-17(20)11-24-18(21)10-14-8-9-25(22,23)12-14/h4-7,13-14H,3,8-12H2,1-2H3,(H,19,20)/t13-,14-/m0/s1. The first-order chi connectivity index (χ1) is 11.8. The van der Waals surface area contributed by atoms with Gasteiger partial charge in [-0.3, -0.25) is 9.59 Å². The first kappa shape index (κ1) is 19.4. The number of benzene rings is 1. The van der Waals surface area contributed by atoms with E-state index in [9.17, 15) is 18.0 Å². The molecule has 1 aliphatic rings. The van der Waals surface area contributed by atoms with Crippen molar-refractivity contribution in [1.29, 1.82) is 0 Å². The smallest absolute Gasteiger partial charge is 0.306 e. The topological polar surface area (TPSA) is 89.5 Å². The van der Waals surface area contributed by atoms with Crippen LogP contribution in [0.5, 0.6) is 0 Å². The molecule has 6 nitrogen and oxygen atoms in total. The number of carbonyl (C=O) groups excluding carboxylic acids is 2. The van der Waals surface area contributed by atoms with Crippen molar-refractivity contribution in [1.82, 2.24) is 0 Å². The number of sulfone groups is 1. The molecule has 1 N–H and O–H groups in total. The number of rotatable bonds is 7. The number of nitrogens with one attached hydrogen (secondary N) is 1. The highest BCUT2D eigenvalue weighted by atomic mass is 32.2. The molecule has 1 heterocycles. The molecule has 7 heteroatoms. The lowest BCUT2D eigenvalue weighted by Crippen LogP contribution is -2.22. The van der Waals surface area contributed by atoms with Gasteiger partial charge in [0.05, 0.1) is 11.5 Å². The van der Waals surface area contributed by atoms with Gasteiger partial charge in [-0.25, -0.2) is 8.42 Å². The fourth-order valence-corrected chi connectivity index (χ4v) is 4.66. The quantitative estimate of drug-likeness (QED) is 0.748. The molecular weight excluding hydrogens is 342 g/mol. The number of anilines is 1. The van der Waals surface area contributed by atoms with Gasteiger partial charge in [0.15, 0.2) is 16.4 Å². The maximum absolute atomic E-state index is 11.8. The van der Waals surface area contributed by atoms with Crippen LogP contribution in [0.2, 0.25) is 0 Å². The highest BCUT2D eigenvalue weighted by Crippen LogP contribution is 2.22. The van der Waals surface area contributed by atoms with Gasteiger partial charge in [-0.2, -0.15) is 0 Å². The minimum absolute atomic E-state index is 0.0246. The molecule has 25 heavy (non-hydrogen) atoms. The molecule has 2 atom stereocenters. The molecule has 1 aromatic rings. The second-order valence-electron chi connectivity index (χ2n) is 6.61. The Bertz CT molecular complexity index is 711. The highest BCUT2D eigenvalue weighted by molar-refractivity contribution is 7.91. The Hall–Kier alpha value is -1.89. The van der Waals surface area contributed by atoms with E-state index in [1.54, 1.807) is 0 Å². The lowest BCUT2D eigenvalue weighted by Gasteiger charge is -2.11. The lowest BCUT2D eigenvalue weighted by molar-refractivity contribution is -0.148. The van der Waals surface area contributed by atoms with Gasteiger partial charge in [-0.15, -0.1) is 0 Å². The van der Waals surface area contributed by atoms with Crippen LogP contribution in [0.1, 0.15) is 44.6 Å². The van der Waals surface area contributed by atoms with Crippen molar-refractivity contribution < 1.29 is 22.7 Å². The Balaban J connectivity index is 1.74. The zero-order valence-electron chi connectivity index (χ0n) is 14.7. The van der Waals surface area contributed by atoms with Gasteiger partial charge in [0, 0.05) is 12.1 Å². The van der Waals surface area contributed by atoms with E-state index in [-0.39, 0.29) is 30.5 Å². The van der Waals surface area contributed by atoms with E-state index in [0.29, 0.717) is 18.0 Å². The molecule has 0 bridgehead atoms. The maximum Gasteiger partial charge on any atom is 0.306 e. The summed E-state index contributed by atoms with van der Waals surface area (Å²) in [6.07, 6.45) is 1.56. The monoisotopic (exact) mass is 367 g/mol. The zero-order chi connectivity index (χ0) is 18.4. The van der Waals surface area contributed by atoms with Gasteiger partial charge in [0.1, 0.15) is 0 Å². The predicted octanol–water partition coefficient (Wildman–Crippen LogP) is 2.51. The van der Waals surface area contributed by atoms with Gasteiger partial charge >= 0.3 is 5.97 Å². The SMILES string of the molecule is CC[C@H](C)c1ccc(NC(=O)COC(=O)C[C@@H]2CCS(=O)(=O)C2)cc1. The number of hydrogen-bond acceptors (Lipinski definition) is 5. The minimum Gasteiger partial charge on any atom is -0.456 e. The van der Waals surface area contributed by atoms with Crippen LogP contribution in [-0.2, 0) is 24.2 Å². The largest absolute Gasteiger partial charge is 0.456 e. The van der Waals surface area contributed by atoms with E-state index < -0.39 is 21.7 Å². The van der Waals surface area contributed by atoms with E-state index in [0.717, 1.165) is 6.42 Å². The van der Waals surface area contributed by atoms with Crippen LogP contribution in [0.4, 0.5) is 5.69 Å². The van der Waals surface area contributed by atoms with Crippen LogP contribution in [0, 0.1) is 5.92 Å². The van der Waals surface area contributed by atoms with E-state index in [1.165, 1.54) is 5.56 Å². The normalized spacial score (nSPS) is 20.0. The van der Waals surface area contributed by atoms with E-state index in [4.69, 9.17) is 4.74 Å². The van der Waals surface area contributed by atoms with Gasteiger partial charge in [-0.1, -0.05) is 26.0 Å². The molecule has 0 spiro atoms. The predicted molar refractivity (Wildman–Crippen MR) is 96.1 cm³/mol. The number of hydrogen-bond donors (Lipinski definition) is 1. The summed E-state index contributed by atoms with van der Waals surface area (Å²) in [7, 11) is -3.01. The molecule has 1 fully saturated rings. The minimum atomic E-state index is -3.01. The third kappa shape index (κ3) is 6.16. The summed E-state index contributed by atoms with van der Waals surface area (Å²) in [5.74, 6) is -0.540. The summed E-state index contributed by atoms with van der Waals surface area (Å²) in [6.45, 7) is 3.89. The molecule has 0 saturated carbocycles. The molecule has 1 amide bonds. The molecular formula is C18H25NO5S. The van der Waals surface area contributed by atoms with Gasteiger partial charge in [0.25, 0.3) is 5.91 Å². The van der Waals surface area contributed by atoms with Crippen LogP contribution in [-0.4, -0.2) is 38.4 Å². The summed E-state index contributed by atoms with van der Waals surface area (Å²) in [5, 5.41) is 2.68. The van der Waals surface area contributed by atoms with E-state index >= 15 is 0 Å². The zero-order valence-corrected chi connectivity index (χ0v) is 15.5. The Morgan fingerprint density at radius 3 is 2.52 bits per heavy atom. The molecule has 1 aliphatic heterocycles. The number of amides is 1. The van der Waals surface area contributed by atoms with Crippen molar-refractivity contribution in [2.75, 3.05) is 23.4 Å². The third-order valence-electron chi connectivity index (χ3n) is 4.52. The molecule has 1 saturated heterocycles. The Kier molecular flexibility index (Phi) is 6.58. The molecule has 0 radical (unpaired) electrons. The summed E-state index contributed by atoms with van der Waals surface area (Å²) in [6, 6.07) is 7.59. The summed E-state index contributed by atoms with van der Waals surface area (Å²) in [4.78, 5) is 23.6. The second kappa shape index (κ2) is 8.47. The van der Waals surface area contributed by atoms with Crippen molar-refractivity contribution in [2.24, 2.45) is 5.92 Å². The molecule has 0 unspecified atom stereocenters. The van der Waals surface area contributed by atoms with Crippen molar-refractivity contribution in [3.05, 3.63) is 29.8 Å². The molecule has 0 aliphatic carbocycles. The first-order valence-corrected chi connectivity index (χ1v) is 10.4. The Morgan fingerprint density at radius 1 is 1.28 bits per heavy atom. The summed E-state index contributed by atoms with van der Waals surface area (Å²) >= 11 is 0. The van der Waals surface area contributed by atoms with Crippen LogP contribution in [0.15, 0.2) is 24.3 Å². The van der Waals surface area contributed by atoms with Gasteiger partial charge < -0.3 is 10.1 Å². The molecule has 138 valence electrons. The van der Waals surface area contributed by atoms with Gasteiger partial charge in [0.2, 0.25) is 0 Å². The molecule has 1 aromatic carbocycles. The van der Waals surface area contributed by atoms with Crippen molar-refractivity contribution in [3.8, 4) is 0 Å². The average Bonchev–Trinajstić information content (AvgIpc) is 2.91. The number of carbonyl (C=O) groups is 2. The first-order valence-electron chi connectivity index (χ1n) is 8.55. The van der Waals surface area contributed by atoms with Crippen molar-refractivity contribution in [2.45, 2.75) is 39.0 Å². The Labute approximate surface area is 148 Å². The Morgan fingerprint density at radius 2 is 1.96 bits per heavy atom. The fourth-order valence-electron chi connectivity index (χ4n) is 2.80. The maximum atomic E-state index is 11.8. The van der Waals surface area contributed by atoms with Crippen molar-refractivity contribution >= 4 is 27.4 Å². The lowest BCUT2D eigenvalue weighted by atomic mass is 9.99. The van der Waals surface area contributed by atoms with Crippen LogP contribution in [0.25, 0.3) is 0 Å². The number of esters is 1. The van der Waals surface area contributed by atoms with E-state index in [2.05, 4.69) is 19.2 Å². The molecule has 2 rings (SSSR count). The fraction of sp³-hybridized carbons (Fsp3) is 0.556. The van der Waals surface area contributed by atoms with Gasteiger partial charge in [-0.05, 0) is 42.4 Å². The average molecular weight is 367 g/mol. The van der Waals surface area contributed by atoms with E-state index in [1.807, 2.05) is 24.3 Å². The van der Waals surface area contributed by atoms with Crippen LogP contribution < -0.4 is 5.32 Å². The second-order valence-corrected chi connectivity index (χ2v) is 8.84.